The van der Waals surface area contributed by atoms with Crippen LogP contribution >= 0.6 is 22.9 Å². The Balaban J connectivity index is 1.71. The van der Waals surface area contributed by atoms with Gasteiger partial charge in [0.05, 0.1) is 21.8 Å². The molecular formula is C28H21ClN2O4S. The highest BCUT2D eigenvalue weighted by Gasteiger charge is 2.48. The molecule has 1 unspecified atom stereocenters. The summed E-state index contributed by atoms with van der Waals surface area (Å²) in [6.07, 6.45) is 1.63. The minimum atomic E-state index is -0.908. The number of rotatable bonds is 6. The second kappa shape index (κ2) is 9.60. The second-order valence-electron chi connectivity index (χ2n) is 8.32. The van der Waals surface area contributed by atoms with E-state index in [1.54, 1.807) is 60.7 Å². The minimum Gasteiger partial charge on any atom is -0.507 e. The molecule has 4 aromatic rings. The summed E-state index contributed by atoms with van der Waals surface area (Å²) < 4.78 is 6.47. The summed E-state index contributed by atoms with van der Waals surface area (Å²) >= 11 is 7.40. The number of halogens is 1. The Morgan fingerprint density at radius 1 is 1.17 bits per heavy atom. The fraction of sp³-hybridized carbons (Fsp3) is 0.107. The quantitative estimate of drug-likeness (QED) is 0.138. The minimum absolute atomic E-state index is 0.0120. The van der Waals surface area contributed by atoms with Gasteiger partial charge in [0.25, 0.3) is 5.78 Å². The van der Waals surface area contributed by atoms with Gasteiger partial charge in [-0.15, -0.1) is 0 Å². The maximum atomic E-state index is 13.4. The van der Waals surface area contributed by atoms with Gasteiger partial charge in [-0.05, 0) is 42.8 Å². The van der Waals surface area contributed by atoms with E-state index in [-0.39, 0.29) is 11.3 Å². The van der Waals surface area contributed by atoms with Crippen molar-refractivity contribution in [3.63, 3.8) is 0 Å². The van der Waals surface area contributed by atoms with E-state index >= 15 is 0 Å². The SMILES string of the molecule is C=CCOc1cccc(C2C(=C(O)c3ccc(C)cc3)C(=O)C(=O)N2c2nc3ccc(Cl)cc3s2)c1. The van der Waals surface area contributed by atoms with Crippen LogP contribution < -0.4 is 9.64 Å². The highest BCUT2D eigenvalue weighted by molar-refractivity contribution is 7.22. The van der Waals surface area contributed by atoms with Gasteiger partial charge in [-0.2, -0.15) is 0 Å². The molecule has 1 saturated heterocycles. The van der Waals surface area contributed by atoms with Crippen LogP contribution in [0.15, 0.2) is 85.0 Å². The molecule has 8 heteroatoms. The van der Waals surface area contributed by atoms with Gasteiger partial charge < -0.3 is 9.84 Å². The average molecular weight is 517 g/mol. The number of aromatic nitrogens is 1. The van der Waals surface area contributed by atoms with Crippen molar-refractivity contribution in [2.75, 3.05) is 11.5 Å². The molecule has 36 heavy (non-hydrogen) atoms. The molecule has 2 heterocycles. The van der Waals surface area contributed by atoms with Gasteiger partial charge in [-0.25, -0.2) is 4.98 Å². The number of amides is 1. The molecule has 1 aromatic heterocycles. The molecule has 6 nitrogen and oxygen atoms in total. The third-order valence-electron chi connectivity index (χ3n) is 5.86. The monoisotopic (exact) mass is 516 g/mol. The van der Waals surface area contributed by atoms with Crippen LogP contribution in [-0.4, -0.2) is 28.4 Å². The van der Waals surface area contributed by atoms with Crippen molar-refractivity contribution in [3.05, 3.63) is 107 Å². The molecular weight excluding hydrogens is 496 g/mol. The number of ketones is 1. The molecule has 1 aliphatic heterocycles. The standard InChI is InChI=1S/C28H21ClN2O4S/c1-3-13-35-20-6-4-5-18(14-20)24-23(25(32)17-9-7-16(2)8-10-17)26(33)27(34)31(24)28-30-21-12-11-19(29)15-22(21)36-28/h3-12,14-15,24,32H,1,13H2,2H3. The van der Waals surface area contributed by atoms with E-state index < -0.39 is 17.7 Å². The first-order chi connectivity index (χ1) is 17.4. The van der Waals surface area contributed by atoms with Crippen molar-refractivity contribution in [1.82, 2.24) is 4.98 Å². The molecule has 1 N–H and O–H groups in total. The van der Waals surface area contributed by atoms with Crippen LogP contribution in [0, 0.1) is 6.92 Å². The summed E-state index contributed by atoms with van der Waals surface area (Å²) in [4.78, 5) is 32.8. The number of Topliss-reactive ketones (excluding diaryl/α,β-unsaturated/α-hetero) is 1. The molecule has 0 aliphatic carbocycles. The van der Waals surface area contributed by atoms with Crippen LogP contribution in [0.2, 0.25) is 5.02 Å². The van der Waals surface area contributed by atoms with Gasteiger partial charge >= 0.3 is 5.91 Å². The normalized spacial score (nSPS) is 17.1. The topological polar surface area (TPSA) is 79.7 Å². The Kier molecular flexibility index (Phi) is 6.35. The zero-order valence-corrected chi connectivity index (χ0v) is 20.8. The summed E-state index contributed by atoms with van der Waals surface area (Å²) in [5, 5.41) is 12.2. The highest BCUT2D eigenvalue weighted by atomic mass is 35.5. The summed E-state index contributed by atoms with van der Waals surface area (Å²) in [5.74, 6) is -1.25. The molecule has 180 valence electrons. The number of benzene rings is 3. The molecule has 1 atom stereocenters. The number of anilines is 1. The molecule has 1 fully saturated rings. The molecule has 1 amide bonds. The third-order valence-corrected chi connectivity index (χ3v) is 7.11. The smallest absolute Gasteiger partial charge is 0.301 e. The number of carbonyl (C=O) groups excluding carboxylic acids is 2. The Bertz CT molecular complexity index is 1540. The lowest BCUT2D eigenvalue weighted by molar-refractivity contribution is -0.132. The number of fused-ring (bicyclic) bond motifs is 1. The van der Waals surface area contributed by atoms with Crippen molar-refractivity contribution >= 4 is 55.7 Å². The van der Waals surface area contributed by atoms with Crippen molar-refractivity contribution in [2.24, 2.45) is 0 Å². The number of carbonyl (C=O) groups is 2. The summed E-state index contributed by atoms with van der Waals surface area (Å²) in [6, 6.07) is 18.5. The van der Waals surface area contributed by atoms with Gasteiger partial charge in [0.15, 0.2) is 5.13 Å². The highest BCUT2D eigenvalue weighted by Crippen LogP contribution is 2.45. The van der Waals surface area contributed by atoms with Crippen LogP contribution in [0.25, 0.3) is 16.0 Å². The van der Waals surface area contributed by atoms with E-state index in [0.29, 0.717) is 39.2 Å². The van der Waals surface area contributed by atoms with E-state index in [2.05, 4.69) is 11.6 Å². The largest absolute Gasteiger partial charge is 0.507 e. The Hall–Kier alpha value is -3.94. The third kappa shape index (κ3) is 4.27. The van der Waals surface area contributed by atoms with Crippen LogP contribution in [0.5, 0.6) is 5.75 Å². The van der Waals surface area contributed by atoms with Crippen molar-refractivity contribution < 1.29 is 19.4 Å². The Morgan fingerprint density at radius 3 is 2.69 bits per heavy atom. The van der Waals surface area contributed by atoms with Gasteiger partial charge in [0, 0.05) is 10.6 Å². The maximum absolute atomic E-state index is 13.4. The molecule has 0 spiro atoms. The summed E-state index contributed by atoms with van der Waals surface area (Å²) in [6.45, 7) is 5.89. The number of nitrogens with zero attached hydrogens (tertiary/aromatic N) is 2. The van der Waals surface area contributed by atoms with Gasteiger partial charge in [0.1, 0.15) is 18.1 Å². The number of hydrogen-bond donors (Lipinski definition) is 1. The first-order valence-electron chi connectivity index (χ1n) is 11.1. The van der Waals surface area contributed by atoms with Gasteiger partial charge in [-0.1, -0.05) is 77.6 Å². The number of aryl methyl sites for hydroxylation is 1. The molecule has 3 aromatic carbocycles. The number of hydrogen-bond acceptors (Lipinski definition) is 6. The lowest BCUT2D eigenvalue weighted by Gasteiger charge is -2.23. The Morgan fingerprint density at radius 2 is 1.94 bits per heavy atom. The van der Waals surface area contributed by atoms with E-state index in [9.17, 15) is 14.7 Å². The van der Waals surface area contributed by atoms with Crippen LogP contribution in [0.1, 0.15) is 22.7 Å². The summed E-state index contributed by atoms with van der Waals surface area (Å²) in [5.41, 5.74) is 2.69. The van der Waals surface area contributed by atoms with Crippen LogP contribution in [0.4, 0.5) is 5.13 Å². The number of aliphatic hydroxyl groups is 1. The zero-order valence-electron chi connectivity index (χ0n) is 19.3. The van der Waals surface area contributed by atoms with Crippen molar-refractivity contribution in [2.45, 2.75) is 13.0 Å². The molecule has 5 rings (SSSR count). The molecule has 0 saturated carbocycles. The van der Waals surface area contributed by atoms with E-state index in [1.807, 2.05) is 19.1 Å². The average Bonchev–Trinajstić information content (AvgIpc) is 3.40. The van der Waals surface area contributed by atoms with Gasteiger partial charge in [-0.3, -0.25) is 14.5 Å². The first kappa shape index (κ1) is 23.8. The number of ether oxygens (including phenoxy) is 1. The predicted octanol–water partition coefficient (Wildman–Crippen LogP) is 6.45. The van der Waals surface area contributed by atoms with E-state index in [0.717, 1.165) is 10.3 Å². The maximum Gasteiger partial charge on any atom is 0.301 e. The summed E-state index contributed by atoms with van der Waals surface area (Å²) in [7, 11) is 0. The first-order valence-corrected chi connectivity index (χ1v) is 12.3. The number of aliphatic hydroxyl groups excluding tert-OH is 1. The lowest BCUT2D eigenvalue weighted by atomic mass is 9.95. The van der Waals surface area contributed by atoms with Crippen LogP contribution in [0.3, 0.4) is 0 Å². The van der Waals surface area contributed by atoms with Crippen molar-refractivity contribution in [1.29, 1.82) is 0 Å². The molecule has 0 bridgehead atoms. The van der Waals surface area contributed by atoms with E-state index in [1.165, 1.54) is 16.2 Å². The van der Waals surface area contributed by atoms with Gasteiger partial charge in [0.2, 0.25) is 0 Å². The number of thiazole rings is 1. The Labute approximate surface area is 216 Å². The zero-order chi connectivity index (χ0) is 25.4. The fourth-order valence-electron chi connectivity index (χ4n) is 4.13. The lowest BCUT2D eigenvalue weighted by Crippen LogP contribution is -2.29. The predicted molar refractivity (Wildman–Crippen MR) is 143 cm³/mol. The molecule has 0 radical (unpaired) electrons. The fourth-order valence-corrected chi connectivity index (χ4v) is 5.40. The second-order valence-corrected chi connectivity index (χ2v) is 9.76. The van der Waals surface area contributed by atoms with Crippen molar-refractivity contribution in [3.8, 4) is 5.75 Å². The van der Waals surface area contributed by atoms with Crippen LogP contribution in [-0.2, 0) is 9.59 Å². The molecule has 1 aliphatic rings. The van der Waals surface area contributed by atoms with E-state index in [4.69, 9.17) is 16.3 Å².